The van der Waals surface area contributed by atoms with Crippen LogP contribution in [0.4, 0.5) is 8.78 Å². The van der Waals surface area contributed by atoms with Crippen molar-refractivity contribution >= 4 is 13.9 Å². The predicted octanol–water partition coefficient (Wildman–Crippen LogP) is 4.84. The number of rotatable bonds is 3. The summed E-state index contributed by atoms with van der Waals surface area (Å²) in [5.74, 6) is -0.0700. The van der Waals surface area contributed by atoms with Gasteiger partial charge in [0, 0.05) is 11.1 Å². The molecule has 28 heavy (non-hydrogen) atoms. The first-order chi connectivity index (χ1) is 13.0. The predicted molar refractivity (Wildman–Crippen MR) is 102 cm³/mol. The smallest absolute Gasteiger partial charge is 0.395 e. The van der Waals surface area contributed by atoms with E-state index in [1.54, 1.807) is 12.1 Å². The SMILES string of the molecule is CC(C)(C)[Si](C)(C)ON1C2C=CC1C(c1cccc3c1OC(F)(F)O3)=C2C#N. The lowest BCUT2D eigenvalue weighted by Gasteiger charge is -2.40. The number of nitriles is 1. The molecule has 2 unspecified atom stereocenters. The molecule has 4 rings (SSSR count). The summed E-state index contributed by atoms with van der Waals surface area (Å²) in [6.07, 6.45) is 0.160. The molecule has 3 aliphatic rings. The van der Waals surface area contributed by atoms with E-state index >= 15 is 0 Å². The molecule has 0 aliphatic carbocycles. The molecule has 0 saturated carbocycles. The number of hydroxylamine groups is 2. The van der Waals surface area contributed by atoms with E-state index < -0.39 is 14.6 Å². The molecule has 0 spiro atoms. The van der Waals surface area contributed by atoms with Crippen molar-refractivity contribution in [3.8, 4) is 17.6 Å². The molecular formula is C20H22F2N2O3Si. The summed E-state index contributed by atoms with van der Waals surface area (Å²) < 4.78 is 43.1. The van der Waals surface area contributed by atoms with E-state index in [1.165, 1.54) is 6.07 Å². The Labute approximate surface area is 163 Å². The van der Waals surface area contributed by atoms with Crippen LogP contribution in [0.1, 0.15) is 26.3 Å². The van der Waals surface area contributed by atoms with Gasteiger partial charge in [-0.15, -0.1) is 8.78 Å². The van der Waals surface area contributed by atoms with E-state index in [0.717, 1.165) is 0 Å². The fraction of sp³-hybridized carbons (Fsp3) is 0.450. The molecule has 1 aromatic rings. The number of hydrogen-bond donors (Lipinski definition) is 0. The maximum Gasteiger partial charge on any atom is 0.586 e. The second kappa shape index (κ2) is 5.89. The minimum absolute atomic E-state index is 0.0188. The lowest BCUT2D eigenvalue weighted by Crippen LogP contribution is -2.49. The summed E-state index contributed by atoms with van der Waals surface area (Å²) >= 11 is 0. The van der Waals surface area contributed by atoms with E-state index in [4.69, 9.17) is 9.26 Å². The average Bonchev–Trinajstić information content (AvgIpc) is 3.19. The highest BCUT2D eigenvalue weighted by Crippen LogP contribution is 2.52. The molecule has 3 aliphatic heterocycles. The molecule has 2 bridgehead atoms. The van der Waals surface area contributed by atoms with E-state index in [1.807, 2.05) is 17.2 Å². The summed E-state index contributed by atoms with van der Waals surface area (Å²) in [6.45, 7) is 10.7. The fourth-order valence-electron chi connectivity index (χ4n) is 3.44. The Kier molecular flexibility index (Phi) is 4.02. The zero-order valence-electron chi connectivity index (χ0n) is 16.4. The van der Waals surface area contributed by atoms with Crippen LogP contribution >= 0.6 is 0 Å². The highest BCUT2D eigenvalue weighted by atomic mass is 28.4. The number of alkyl halides is 2. The normalized spacial score (nSPS) is 25.5. The van der Waals surface area contributed by atoms with Crippen LogP contribution in [0.3, 0.4) is 0 Å². The van der Waals surface area contributed by atoms with Crippen molar-refractivity contribution in [2.45, 2.75) is 57.3 Å². The molecule has 0 amide bonds. The molecule has 1 aromatic carbocycles. The maximum absolute atomic E-state index is 13.6. The third kappa shape index (κ3) is 2.77. The van der Waals surface area contributed by atoms with Crippen LogP contribution in [0.25, 0.3) is 5.57 Å². The Morgan fingerprint density at radius 3 is 2.50 bits per heavy atom. The summed E-state index contributed by atoms with van der Waals surface area (Å²) in [4.78, 5) is 0. The monoisotopic (exact) mass is 404 g/mol. The Hall–Kier alpha value is -2.21. The van der Waals surface area contributed by atoms with Crippen LogP contribution in [0, 0.1) is 11.3 Å². The lowest BCUT2D eigenvalue weighted by atomic mass is 9.91. The van der Waals surface area contributed by atoms with Gasteiger partial charge in [0.05, 0.1) is 23.7 Å². The molecule has 0 saturated heterocycles. The van der Waals surface area contributed by atoms with Gasteiger partial charge in [-0.1, -0.05) is 45.1 Å². The third-order valence-electron chi connectivity index (χ3n) is 5.88. The van der Waals surface area contributed by atoms with Crippen molar-refractivity contribution in [1.82, 2.24) is 5.06 Å². The van der Waals surface area contributed by atoms with Crippen molar-refractivity contribution in [3.63, 3.8) is 0 Å². The molecule has 0 N–H and O–H groups in total. The van der Waals surface area contributed by atoms with Crippen molar-refractivity contribution in [3.05, 3.63) is 41.5 Å². The number of fused-ring (bicyclic) bond motifs is 3. The number of para-hydroxylation sites is 1. The van der Waals surface area contributed by atoms with Gasteiger partial charge in [-0.3, -0.25) is 0 Å². The van der Waals surface area contributed by atoms with Crippen molar-refractivity contribution in [2.24, 2.45) is 0 Å². The minimum atomic E-state index is -3.71. The standard InChI is InChI=1S/C20H22F2N2O3Si/c1-19(2,3)28(4,5)27-24-14-9-10-15(24)17(13(14)11-23)12-7-6-8-16-18(12)26-20(21,22)25-16/h6-10,14-15H,1-5H3. The van der Waals surface area contributed by atoms with Gasteiger partial charge < -0.3 is 14.0 Å². The topological polar surface area (TPSA) is 54.7 Å². The Bertz CT molecular complexity index is 944. The molecule has 8 heteroatoms. The first-order valence-electron chi connectivity index (χ1n) is 9.14. The van der Waals surface area contributed by atoms with Gasteiger partial charge in [-0.25, -0.2) is 0 Å². The van der Waals surface area contributed by atoms with Crippen molar-refractivity contribution in [2.75, 3.05) is 0 Å². The van der Waals surface area contributed by atoms with Gasteiger partial charge >= 0.3 is 6.29 Å². The Morgan fingerprint density at radius 2 is 1.86 bits per heavy atom. The molecule has 0 aromatic heterocycles. The van der Waals surface area contributed by atoms with E-state index in [0.29, 0.717) is 16.7 Å². The van der Waals surface area contributed by atoms with Crippen LogP contribution < -0.4 is 9.47 Å². The first kappa shape index (κ1) is 19.1. The van der Waals surface area contributed by atoms with Crippen LogP contribution in [-0.4, -0.2) is 31.8 Å². The number of benzene rings is 1. The summed E-state index contributed by atoms with van der Waals surface area (Å²) in [5.41, 5.74) is 1.55. The second-order valence-electron chi connectivity index (χ2n) is 8.73. The number of ether oxygens (including phenoxy) is 2. The van der Waals surface area contributed by atoms with Gasteiger partial charge in [0.15, 0.2) is 11.5 Å². The second-order valence-corrected chi connectivity index (χ2v) is 13.4. The highest BCUT2D eigenvalue weighted by molar-refractivity contribution is 6.74. The largest absolute Gasteiger partial charge is 0.586 e. The fourth-order valence-corrected chi connectivity index (χ4v) is 4.47. The van der Waals surface area contributed by atoms with E-state index in [2.05, 4.69) is 44.7 Å². The lowest BCUT2D eigenvalue weighted by molar-refractivity contribution is -0.286. The Balaban J connectivity index is 1.74. The summed E-state index contributed by atoms with van der Waals surface area (Å²) in [7, 11) is -2.16. The third-order valence-corrected chi connectivity index (χ3v) is 10.2. The van der Waals surface area contributed by atoms with Crippen LogP contribution in [0.5, 0.6) is 11.5 Å². The van der Waals surface area contributed by atoms with Gasteiger partial charge in [-0.05, 0) is 24.2 Å². The van der Waals surface area contributed by atoms with Crippen LogP contribution in [0.2, 0.25) is 18.1 Å². The average molecular weight is 404 g/mol. The minimum Gasteiger partial charge on any atom is -0.395 e. The summed E-state index contributed by atoms with van der Waals surface area (Å²) in [6, 6.07) is 6.30. The van der Waals surface area contributed by atoms with Crippen LogP contribution in [0.15, 0.2) is 35.9 Å². The van der Waals surface area contributed by atoms with E-state index in [9.17, 15) is 14.0 Å². The Morgan fingerprint density at radius 1 is 1.18 bits per heavy atom. The van der Waals surface area contributed by atoms with Gasteiger partial charge in [0.1, 0.15) is 0 Å². The molecule has 2 atom stereocenters. The molecule has 0 fully saturated rings. The molecule has 5 nitrogen and oxygen atoms in total. The maximum atomic E-state index is 13.6. The van der Waals surface area contributed by atoms with Crippen molar-refractivity contribution in [1.29, 1.82) is 5.26 Å². The van der Waals surface area contributed by atoms with Gasteiger partial charge in [-0.2, -0.15) is 10.3 Å². The van der Waals surface area contributed by atoms with E-state index in [-0.39, 0.29) is 28.6 Å². The van der Waals surface area contributed by atoms with Gasteiger partial charge in [0.2, 0.25) is 8.32 Å². The first-order valence-corrected chi connectivity index (χ1v) is 12.1. The molecule has 3 heterocycles. The van der Waals surface area contributed by atoms with Crippen LogP contribution in [-0.2, 0) is 4.53 Å². The number of hydrogen-bond acceptors (Lipinski definition) is 5. The summed E-state index contributed by atoms with van der Waals surface area (Å²) in [5, 5.41) is 11.6. The molecule has 0 radical (unpaired) electrons. The number of nitrogens with zero attached hydrogens (tertiary/aromatic N) is 2. The highest BCUT2D eigenvalue weighted by Gasteiger charge is 2.51. The van der Waals surface area contributed by atoms with Gasteiger partial charge in [0.25, 0.3) is 0 Å². The number of halogens is 2. The molecular weight excluding hydrogens is 382 g/mol. The van der Waals surface area contributed by atoms with Crippen molar-refractivity contribution < 1.29 is 22.8 Å². The molecule has 148 valence electrons. The zero-order chi connectivity index (χ0) is 20.5. The zero-order valence-corrected chi connectivity index (χ0v) is 17.4. The quantitative estimate of drug-likeness (QED) is 0.533.